The molecule has 0 saturated carbocycles. The fourth-order valence-electron chi connectivity index (χ4n) is 2.70. The van der Waals surface area contributed by atoms with Crippen LogP contribution in [-0.2, 0) is 0 Å². The van der Waals surface area contributed by atoms with Crippen molar-refractivity contribution in [1.29, 1.82) is 0 Å². The number of carbonyl (C=O) groups excluding carboxylic acids is 1. The monoisotopic (exact) mass is 292 g/mol. The van der Waals surface area contributed by atoms with Crippen LogP contribution in [-0.4, -0.2) is 30.0 Å². The van der Waals surface area contributed by atoms with E-state index in [1.165, 1.54) is 6.92 Å². The van der Waals surface area contributed by atoms with Crippen molar-refractivity contribution in [1.82, 2.24) is 4.98 Å². The molecule has 1 aromatic heterocycles. The van der Waals surface area contributed by atoms with E-state index < -0.39 is 6.17 Å². The van der Waals surface area contributed by atoms with Gasteiger partial charge in [-0.05, 0) is 31.5 Å². The Morgan fingerprint density at radius 2 is 2.35 bits per heavy atom. The summed E-state index contributed by atoms with van der Waals surface area (Å²) in [6, 6.07) is 5.32. The lowest BCUT2D eigenvalue weighted by molar-refractivity contribution is 0.101. The molecule has 0 N–H and O–H groups in total. The number of benzene rings is 1. The second-order valence-electron chi connectivity index (χ2n) is 5.04. The van der Waals surface area contributed by atoms with Gasteiger partial charge in [-0.15, -0.1) is 0 Å². The molecule has 1 saturated heterocycles. The highest BCUT2D eigenvalue weighted by molar-refractivity contribution is 6.36. The van der Waals surface area contributed by atoms with Gasteiger partial charge in [-0.1, -0.05) is 11.6 Å². The van der Waals surface area contributed by atoms with Gasteiger partial charge in [-0.25, -0.2) is 4.39 Å². The van der Waals surface area contributed by atoms with Crippen molar-refractivity contribution in [3.63, 3.8) is 0 Å². The number of aromatic nitrogens is 1. The van der Waals surface area contributed by atoms with Crippen molar-refractivity contribution >= 4 is 34.0 Å². The molecule has 5 heteroatoms. The first-order chi connectivity index (χ1) is 9.58. The molecule has 3 nitrogen and oxygen atoms in total. The van der Waals surface area contributed by atoms with Crippen molar-refractivity contribution in [3.05, 3.63) is 35.0 Å². The van der Waals surface area contributed by atoms with Crippen LogP contribution >= 0.6 is 11.6 Å². The number of alkyl halides is 1. The first-order valence-corrected chi connectivity index (χ1v) is 6.93. The van der Waals surface area contributed by atoms with Crippen LogP contribution in [0, 0.1) is 0 Å². The number of hydrogen-bond acceptors (Lipinski definition) is 3. The number of anilines is 1. The summed E-state index contributed by atoms with van der Waals surface area (Å²) in [5.41, 5.74) is 1.88. The molecule has 1 fully saturated rings. The number of pyridine rings is 1. The number of fused-ring (bicyclic) bond motifs is 1. The van der Waals surface area contributed by atoms with E-state index in [4.69, 9.17) is 11.6 Å². The van der Waals surface area contributed by atoms with Crippen molar-refractivity contribution < 1.29 is 9.18 Å². The van der Waals surface area contributed by atoms with Crippen LogP contribution in [0.15, 0.2) is 24.4 Å². The number of hydrogen-bond donors (Lipinski definition) is 0. The van der Waals surface area contributed by atoms with E-state index in [9.17, 15) is 9.18 Å². The molecule has 0 unspecified atom stereocenters. The van der Waals surface area contributed by atoms with Crippen LogP contribution in [0.4, 0.5) is 10.1 Å². The lowest BCUT2D eigenvalue weighted by Gasteiger charge is -2.22. The summed E-state index contributed by atoms with van der Waals surface area (Å²) in [7, 11) is 0. The first kappa shape index (κ1) is 13.3. The number of nitrogens with zero attached hydrogens (tertiary/aromatic N) is 2. The second-order valence-corrected chi connectivity index (χ2v) is 5.45. The molecule has 2 aromatic rings. The number of ketones is 1. The highest BCUT2D eigenvalue weighted by Gasteiger charge is 2.27. The van der Waals surface area contributed by atoms with Crippen molar-refractivity contribution in [2.75, 3.05) is 18.0 Å². The molecule has 104 valence electrons. The third-order valence-corrected chi connectivity index (χ3v) is 3.95. The topological polar surface area (TPSA) is 33.2 Å². The van der Waals surface area contributed by atoms with Crippen molar-refractivity contribution in [2.45, 2.75) is 19.5 Å². The van der Waals surface area contributed by atoms with Gasteiger partial charge >= 0.3 is 0 Å². The van der Waals surface area contributed by atoms with E-state index in [-0.39, 0.29) is 5.78 Å². The Morgan fingerprint density at radius 3 is 3.00 bits per heavy atom. The van der Waals surface area contributed by atoms with Crippen LogP contribution < -0.4 is 4.90 Å². The van der Waals surface area contributed by atoms with E-state index in [2.05, 4.69) is 4.98 Å². The smallest absolute Gasteiger partial charge is 0.162 e. The van der Waals surface area contributed by atoms with Gasteiger partial charge in [-0.3, -0.25) is 9.78 Å². The largest absolute Gasteiger partial charge is 0.366 e. The fraction of sp³-hybridized carbons (Fsp3) is 0.333. The number of rotatable bonds is 2. The van der Waals surface area contributed by atoms with Crippen LogP contribution in [0.5, 0.6) is 0 Å². The lowest BCUT2D eigenvalue weighted by atomic mass is 10.0. The summed E-state index contributed by atoms with van der Waals surface area (Å²) in [6.07, 6.45) is 1.29. The zero-order chi connectivity index (χ0) is 14.3. The molecule has 2 heterocycles. The molecule has 0 bridgehead atoms. The number of halogens is 2. The summed E-state index contributed by atoms with van der Waals surface area (Å²) in [4.78, 5) is 18.1. The lowest BCUT2D eigenvalue weighted by Crippen LogP contribution is -2.23. The predicted octanol–water partition coefficient (Wildman–Crippen LogP) is 3.64. The maximum Gasteiger partial charge on any atom is 0.162 e. The molecule has 1 atom stereocenters. The number of Topliss-reactive ketones (excluding diaryl/α,β-unsaturated/α-hetero) is 1. The Morgan fingerprint density at radius 1 is 1.55 bits per heavy atom. The van der Waals surface area contributed by atoms with Crippen LogP contribution in [0.3, 0.4) is 0 Å². The molecule has 3 rings (SSSR count). The molecule has 0 radical (unpaired) electrons. The van der Waals surface area contributed by atoms with E-state index in [0.717, 1.165) is 5.39 Å². The van der Waals surface area contributed by atoms with Crippen molar-refractivity contribution in [2.24, 2.45) is 0 Å². The molecular formula is C15H14ClFN2O. The minimum Gasteiger partial charge on any atom is -0.366 e. The molecule has 20 heavy (non-hydrogen) atoms. The third kappa shape index (κ3) is 2.14. The minimum absolute atomic E-state index is 0.0863. The normalized spacial score (nSPS) is 18.8. The molecule has 0 amide bonds. The summed E-state index contributed by atoms with van der Waals surface area (Å²) in [5, 5.41) is 1.29. The summed E-state index contributed by atoms with van der Waals surface area (Å²) < 4.78 is 13.5. The third-order valence-electron chi connectivity index (χ3n) is 3.64. The molecule has 0 aliphatic carbocycles. The molecule has 1 aliphatic rings. The van der Waals surface area contributed by atoms with E-state index >= 15 is 0 Å². The Hall–Kier alpha value is -1.68. The molecule has 0 spiro atoms. The molecule has 1 aromatic carbocycles. The zero-order valence-electron chi connectivity index (χ0n) is 11.1. The molecule has 1 aliphatic heterocycles. The molecular weight excluding hydrogens is 279 g/mol. The summed E-state index contributed by atoms with van der Waals surface area (Å²) in [5.74, 6) is -0.0863. The second kappa shape index (κ2) is 5.02. The average Bonchev–Trinajstić information content (AvgIpc) is 2.85. The zero-order valence-corrected chi connectivity index (χ0v) is 11.8. The van der Waals surface area contributed by atoms with Gasteiger partial charge in [0.1, 0.15) is 6.17 Å². The summed E-state index contributed by atoms with van der Waals surface area (Å²) in [6.45, 7) is 2.38. The Balaban J connectivity index is 2.28. The highest BCUT2D eigenvalue weighted by Crippen LogP contribution is 2.36. The maximum absolute atomic E-state index is 13.5. The average molecular weight is 293 g/mol. The van der Waals surface area contributed by atoms with E-state index in [1.54, 1.807) is 18.3 Å². The minimum atomic E-state index is -0.857. The van der Waals surface area contributed by atoms with Gasteiger partial charge in [0.05, 0.1) is 16.2 Å². The first-order valence-electron chi connectivity index (χ1n) is 6.55. The van der Waals surface area contributed by atoms with E-state index in [1.807, 2.05) is 11.0 Å². The standard InChI is InChI=1S/C15H14ClFN2O/c1-9(20)12-7-13(16)11-3-2-5-18-14(11)15(12)19-6-4-10(17)8-19/h2-3,5,7,10H,4,6,8H2,1H3/t10-/m0/s1. The van der Waals surface area contributed by atoms with Gasteiger partial charge in [0.2, 0.25) is 0 Å². The Labute approximate surface area is 121 Å². The van der Waals surface area contributed by atoms with Gasteiger partial charge in [0, 0.05) is 30.2 Å². The number of carbonyl (C=O) groups is 1. The highest BCUT2D eigenvalue weighted by atomic mass is 35.5. The van der Waals surface area contributed by atoms with Crippen molar-refractivity contribution in [3.8, 4) is 0 Å². The SMILES string of the molecule is CC(=O)c1cc(Cl)c2cccnc2c1N1CC[C@H](F)C1. The van der Waals surface area contributed by atoms with Crippen LogP contribution in [0.25, 0.3) is 10.9 Å². The Bertz CT molecular complexity index is 689. The Kier molecular flexibility index (Phi) is 3.34. The summed E-state index contributed by atoms with van der Waals surface area (Å²) >= 11 is 6.23. The van der Waals surface area contributed by atoms with E-state index in [0.29, 0.717) is 41.3 Å². The van der Waals surface area contributed by atoms with Crippen LogP contribution in [0.2, 0.25) is 5.02 Å². The van der Waals surface area contributed by atoms with Gasteiger partial charge in [0.25, 0.3) is 0 Å². The van der Waals surface area contributed by atoms with Gasteiger partial charge in [0.15, 0.2) is 5.78 Å². The van der Waals surface area contributed by atoms with Gasteiger partial charge < -0.3 is 4.90 Å². The predicted molar refractivity (Wildman–Crippen MR) is 78.5 cm³/mol. The van der Waals surface area contributed by atoms with Gasteiger partial charge in [-0.2, -0.15) is 0 Å². The quantitative estimate of drug-likeness (QED) is 0.792. The maximum atomic E-state index is 13.5. The van der Waals surface area contributed by atoms with Crippen LogP contribution in [0.1, 0.15) is 23.7 Å². The fourth-order valence-corrected chi connectivity index (χ4v) is 2.96.